The van der Waals surface area contributed by atoms with Crippen molar-refractivity contribution in [2.24, 2.45) is 0 Å². The Morgan fingerprint density at radius 3 is 2.33 bits per heavy atom. The van der Waals surface area contributed by atoms with Gasteiger partial charge in [-0.3, -0.25) is 5.32 Å². The van der Waals surface area contributed by atoms with Crippen molar-refractivity contribution < 1.29 is 14.3 Å². The number of rotatable bonds is 4. The summed E-state index contributed by atoms with van der Waals surface area (Å²) in [7, 11) is 1.60. The first-order valence-corrected chi connectivity index (χ1v) is 7.73. The Balaban J connectivity index is 2.35. The molecule has 0 spiro atoms. The summed E-state index contributed by atoms with van der Waals surface area (Å²) in [5, 5.41) is 2.79. The molecule has 0 unspecified atom stereocenters. The molecular weight excluding hydrogens is 302 g/mol. The maximum Gasteiger partial charge on any atom is 0.412 e. The molecule has 126 valence electrons. The van der Waals surface area contributed by atoms with Crippen LogP contribution in [0.4, 0.5) is 10.5 Å². The van der Waals surface area contributed by atoms with E-state index in [-0.39, 0.29) is 0 Å². The first kappa shape index (κ1) is 17.6. The molecule has 0 heterocycles. The minimum Gasteiger partial charge on any atom is -0.497 e. The van der Waals surface area contributed by atoms with Gasteiger partial charge < -0.3 is 9.47 Å². The fourth-order valence-corrected chi connectivity index (χ4v) is 2.22. The number of nitrogens with one attached hydrogen (secondary N) is 1. The lowest BCUT2D eigenvalue weighted by molar-refractivity contribution is 0.0636. The van der Waals surface area contributed by atoms with Crippen LogP contribution in [-0.4, -0.2) is 18.8 Å². The Hall–Kier alpha value is -2.75. The fourth-order valence-electron chi connectivity index (χ4n) is 2.22. The van der Waals surface area contributed by atoms with Crippen molar-refractivity contribution >= 4 is 17.4 Å². The minimum atomic E-state index is -0.562. The Kier molecular flexibility index (Phi) is 5.29. The molecule has 2 aromatic carbocycles. The molecule has 0 aliphatic heterocycles. The van der Waals surface area contributed by atoms with E-state index in [0.717, 1.165) is 16.7 Å². The van der Waals surface area contributed by atoms with Crippen molar-refractivity contribution in [3.63, 3.8) is 0 Å². The van der Waals surface area contributed by atoms with Gasteiger partial charge in [0.2, 0.25) is 0 Å². The second-order valence-electron chi connectivity index (χ2n) is 6.38. The maximum atomic E-state index is 12.1. The topological polar surface area (TPSA) is 47.6 Å². The number of carbonyl (C=O) groups is 1. The predicted molar refractivity (Wildman–Crippen MR) is 97.4 cm³/mol. The highest BCUT2D eigenvalue weighted by molar-refractivity contribution is 5.93. The number of hydrogen-bond donors (Lipinski definition) is 1. The molecule has 0 saturated heterocycles. The van der Waals surface area contributed by atoms with E-state index in [1.165, 1.54) is 0 Å². The fraction of sp³-hybridized carbons (Fsp3) is 0.250. The highest BCUT2D eigenvalue weighted by atomic mass is 16.6. The van der Waals surface area contributed by atoms with Crippen molar-refractivity contribution in [2.45, 2.75) is 26.4 Å². The van der Waals surface area contributed by atoms with E-state index in [2.05, 4.69) is 11.9 Å². The molecule has 1 N–H and O–H groups in total. The molecule has 0 aliphatic carbocycles. The third-order valence-corrected chi connectivity index (χ3v) is 3.31. The SMILES string of the molecule is C=C(c1ccccc1)c1cc(OC)ccc1NC(=O)OC(C)(C)C. The molecule has 0 aliphatic rings. The van der Waals surface area contributed by atoms with E-state index in [4.69, 9.17) is 9.47 Å². The van der Waals surface area contributed by atoms with Gasteiger partial charge in [-0.2, -0.15) is 0 Å². The Labute approximate surface area is 143 Å². The Morgan fingerprint density at radius 1 is 1.08 bits per heavy atom. The summed E-state index contributed by atoms with van der Waals surface area (Å²) in [6.45, 7) is 9.64. The molecule has 0 atom stereocenters. The van der Waals surface area contributed by atoms with Crippen LogP contribution in [0.3, 0.4) is 0 Å². The summed E-state index contributed by atoms with van der Waals surface area (Å²) in [4.78, 5) is 12.1. The molecular formula is C20H23NO3. The standard InChI is InChI=1S/C20H23NO3/c1-14(15-9-7-6-8-10-15)17-13-16(23-5)11-12-18(17)21-19(22)24-20(2,3)4/h6-13H,1H2,2-5H3,(H,21,22). The van der Waals surface area contributed by atoms with Crippen LogP contribution in [0, 0.1) is 0 Å². The lowest BCUT2D eigenvalue weighted by Gasteiger charge is -2.21. The maximum absolute atomic E-state index is 12.1. The number of methoxy groups -OCH3 is 1. The van der Waals surface area contributed by atoms with Gasteiger partial charge in [0, 0.05) is 5.56 Å². The van der Waals surface area contributed by atoms with E-state index in [9.17, 15) is 4.79 Å². The number of ether oxygens (including phenoxy) is 2. The van der Waals surface area contributed by atoms with Gasteiger partial charge in [-0.15, -0.1) is 0 Å². The average molecular weight is 325 g/mol. The number of hydrogen-bond acceptors (Lipinski definition) is 3. The van der Waals surface area contributed by atoms with Crippen LogP contribution >= 0.6 is 0 Å². The van der Waals surface area contributed by atoms with Crippen molar-refractivity contribution in [2.75, 3.05) is 12.4 Å². The van der Waals surface area contributed by atoms with Gasteiger partial charge in [0.05, 0.1) is 12.8 Å². The van der Waals surface area contributed by atoms with Crippen LogP contribution in [0.25, 0.3) is 5.57 Å². The highest BCUT2D eigenvalue weighted by Crippen LogP contribution is 2.31. The van der Waals surface area contributed by atoms with Crippen molar-refractivity contribution in [1.82, 2.24) is 0 Å². The van der Waals surface area contributed by atoms with Crippen LogP contribution < -0.4 is 10.1 Å². The number of benzene rings is 2. The van der Waals surface area contributed by atoms with Crippen LogP contribution in [0.5, 0.6) is 5.75 Å². The first-order valence-electron chi connectivity index (χ1n) is 7.73. The number of carbonyl (C=O) groups excluding carboxylic acids is 1. The second-order valence-corrected chi connectivity index (χ2v) is 6.38. The van der Waals surface area contributed by atoms with Gasteiger partial charge in [0.1, 0.15) is 11.4 Å². The number of anilines is 1. The van der Waals surface area contributed by atoms with E-state index < -0.39 is 11.7 Å². The smallest absolute Gasteiger partial charge is 0.412 e. The normalized spacial score (nSPS) is 10.8. The van der Waals surface area contributed by atoms with Gasteiger partial charge in [-0.25, -0.2) is 4.79 Å². The second kappa shape index (κ2) is 7.21. The molecule has 4 heteroatoms. The Morgan fingerprint density at radius 2 is 1.75 bits per heavy atom. The van der Waals surface area contributed by atoms with E-state index in [1.54, 1.807) is 19.2 Å². The van der Waals surface area contributed by atoms with Crippen LogP contribution in [0.15, 0.2) is 55.1 Å². The summed E-state index contributed by atoms with van der Waals surface area (Å²) in [6, 6.07) is 15.2. The van der Waals surface area contributed by atoms with Crippen LogP contribution in [0.1, 0.15) is 31.9 Å². The van der Waals surface area contributed by atoms with Gasteiger partial charge in [-0.05, 0) is 50.1 Å². The minimum absolute atomic E-state index is 0.505. The summed E-state index contributed by atoms with van der Waals surface area (Å²) in [5.74, 6) is 0.691. The van der Waals surface area contributed by atoms with E-state index in [0.29, 0.717) is 11.4 Å². The third-order valence-electron chi connectivity index (χ3n) is 3.31. The zero-order chi connectivity index (χ0) is 17.7. The van der Waals surface area contributed by atoms with E-state index in [1.807, 2.05) is 57.2 Å². The zero-order valence-corrected chi connectivity index (χ0v) is 14.6. The van der Waals surface area contributed by atoms with E-state index >= 15 is 0 Å². The molecule has 2 rings (SSSR count). The summed E-state index contributed by atoms with van der Waals surface area (Å²) >= 11 is 0. The Bertz CT molecular complexity index is 730. The summed E-state index contributed by atoms with van der Waals surface area (Å²) in [5.41, 5.74) is 2.61. The molecule has 2 aromatic rings. The molecule has 0 radical (unpaired) electrons. The van der Waals surface area contributed by atoms with Gasteiger partial charge >= 0.3 is 6.09 Å². The quantitative estimate of drug-likeness (QED) is 0.850. The van der Waals surface area contributed by atoms with Gasteiger partial charge in [0.15, 0.2) is 0 Å². The highest BCUT2D eigenvalue weighted by Gasteiger charge is 2.18. The van der Waals surface area contributed by atoms with Crippen LogP contribution in [-0.2, 0) is 4.74 Å². The average Bonchev–Trinajstić information content (AvgIpc) is 2.53. The lowest BCUT2D eigenvalue weighted by atomic mass is 9.98. The first-order chi connectivity index (χ1) is 11.3. The lowest BCUT2D eigenvalue weighted by Crippen LogP contribution is -2.27. The van der Waals surface area contributed by atoms with Crippen molar-refractivity contribution in [3.05, 3.63) is 66.2 Å². The predicted octanol–water partition coefficient (Wildman–Crippen LogP) is 5.10. The summed E-state index contributed by atoms with van der Waals surface area (Å²) < 4.78 is 10.6. The zero-order valence-electron chi connectivity index (χ0n) is 14.6. The monoisotopic (exact) mass is 325 g/mol. The number of amides is 1. The molecule has 4 nitrogen and oxygen atoms in total. The van der Waals surface area contributed by atoms with Crippen molar-refractivity contribution in [1.29, 1.82) is 0 Å². The largest absolute Gasteiger partial charge is 0.497 e. The van der Waals surface area contributed by atoms with Crippen LogP contribution in [0.2, 0.25) is 0 Å². The molecule has 1 amide bonds. The molecule has 0 fully saturated rings. The summed E-state index contributed by atoms with van der Waals surface area (Å²) in [6.07, 6.45) is -0.505. The molecule has 0 bridgehead atoms. The molecule has 0 aromatic heterocycles. The van der Waals surface area contributed by atoms with Crippen molar-refractivity contribution in [3.8, 4) is 5.75 Å². The third kappa shape index (κ3) is 4.62. The van der Waals surface area contributed by atoms with Gasteiger partial charge in [-0.1, -0.05) is 36.9 Å². The molecule has 24 heavy (non-hydrogen) atoms. The molecule has 0 saturated carbocycles. The van der Waals surface area contributed by atoms with Gasteiger partial charge in [0.25, 0.3) is 0 Å².